The number of aliphatic carboxylic acids is 1. The van der Waals surface area contributed by atoms with Gasteiger partial charge in [-0.1, -0.05) is 43.3 Å². The Morgan fingerprint density at radius 2 is 1.78 bits per heavy atom. The summed E-state index contributed by atoms with van der Waals surface area (Å²) in [7, 11) is 0. The van der Waals surface area contributed by atoms with Crippen molar-refractivity contribution < 1.29 is 34.0 Å². The fraction of sp³-hybridized carbons (Fsp3) is 0.500. The third-order valence-corrected chi connectivity index (χ3v) is 6.90. The van der Waals surface area contributed by atoms with E-state index in [0.717, 1.165) is 36.3 Å². The smallest absolute Gasteiger partial charge is 0.303 e. The van der Waals surface area contributed by atoms with E-state index in [1.807, 2.05) is 42.5 Å². The second-order valence-corrected chi connectivity index (χ2v) is 9.66. The lowest BCUT2D eigenvalue weighted by Crippen LogP contribution is -2.47. The zero-order valence-electron chi connectivity index (χ0n) is 21.2. The van der Waals surface area contributed by atoms with Gasteiger partial charge in [0, 0.05) is 49.6 Å². The number of rotatable bonds is 10. The number of anilines is 1. The first-order chi connectivity index (χ1) is 17.9. The van der Waals surface area contributed by atoms with Gasteiger partial charge < -0.3 is 29.7 Å². The molecular formula is C28H36N2O7. The average molecular weight is 513 g/mol. The second-order valence-electron chi connectivity index (χ2n) is 9.66. The van der Waals surface area contributed by atoms with E-state index in [0.29, 0.717) is 18.9 Å². The third kappa shape index (κ3) is 7.59. The number of benzene rings is 2. The molecule has 0 aliphatic carbocycles. The van der Waals surface area contributed by atoms with Crippen LogP contribution in [0.4, 0.5) is 5.69 Å². The predicted octanol–water partition coefficient (Wildman–Crippen LogP) is 3.50. The molecule has 2 saturated heterocycles. The van der Waals surface area contributed by atoms with Gasteiger partial charge in [0.2, 0.25) is 5.91 Å². The number of nitrogens with zero attached hydrogens (tertiary/aromatic N) is 1. The Morgan fingerprint density at radius 1 is 1.03 bits per heavy atom. The maximum absolute atomic E-state index is 12.3. The average Bonchev–Trinajstić information content (AvgIpc) is 2.90. The van der Waals surface area contributed by atoms with Crippen LogP contribution in [0.2, 0.25) is 0 Å². The van der Waals surface area contributed by atoms with Crippen LogP contribution in [0, 0.1) is 5.92 Å². The summed E-state index contributed by atoms with van der Waals surface area (Å²) in [5, 5.41) is 21.1. The number of carboxylic acids is 1. The van der Waals surface area contributed by atoms with E-state index in [-0.39, 0.29) is 49.9 Å². The quantitative estimate of drug-likeness (QED) is 0.443. The minimum atomic E-state index is -0.914. The van der Waals surface area contributed by atoms with Crippen molar-refractivity contribution in [3.8, 4) is 0 Å². The lowest BCUT2D eigenvalue weighted by atomic mass is 9.90. The summed E-state index contributed by atoms with van der Waals surface area (Å²) in [4.78, 5) is 25.4. The van der Waals surface area contributed by atoms with Gasteiger partial charge in [0.25, 0.3) is 0 Å². The zero-order chi connectivity index (χ0) is 26.2. The maximum Gasteiger partial charge on any atom is 0.303 e. The Labute approximate surface area is 217 Å². The van der Waals surface area contributed by atoms with Crippen LogP contribution in [0.1, 0.15) is 55.3 Å². The van der Waals surface area contributed by atoms with Gasteiger partial charge >= 0.3 is 5.97 Å². The minimum Gasteiger partial charge on any atom is -0.481 e. The highest BCUT2D eigenvalue weighted by Gasteiger charge is 2.39. The van der Waals surface area contributed by atoms with Crippen molar-refractivity contribution in [2.45, 2.75) is 51.3 Å². The summed E-state index contributed by atoms with van der Waals surface area (Å²) in [6.07, 6.45) is -0.555. The summed E-state index contributed by atoms with van der Waals surface area (Å²) < 4.78 is 18.5. The number of amides is 1. The van der Waals surface area contributed by atoms with Crippen LogP contribution in [0.5, 0.6) is 0 Å². The lowest BCUT2D eigenvalue weighted by molar-refractivity contribution is -0.277. The van der Waals surface area contributed by atoms with Gasteiger partial charge in [-0.2, -0.15) is 0 Å². The number of hydrogen-bond donors (Lipinski definition) is 3. The summed E-state index contributed by atoms with van der Waals surface area (Å²) >= 11 is 0. The number of morpholine rings is 1. The molecule has 4 atom stereocenters. The first-order valence-electron chi connectivity index (χ1n) is 12.8. The normalized spacial score (nSPS) is 24.5. The van der Waals surface area contributed by atoms with Crippen molar-refractivity contribution in [2.24, 2.45) is 5.92 Å². The number of nitrogens with one attached hydrogen (secondary N) is 1. The van der Waals surface area contributed by atoms with Gasteiger partial charge in [-0.25, -0.2) is 0 Å². The first-order valence-corrected chi connectivity index (χ1v) is 12.8. The van der Waals surface area contributed by atoms with Crippen molar-refractivity contribution in [3.63, 3.8) is 0 Å². The van der Waals surface area contributed by atoms with Crippen LogP contribution >= 0.6 is 0 Å². The fourth-order valence-electron chi connectivity index (χ4n) is 4.75. The number of hydrogen-bond acceptors (Lipinski definition) is 7. The molecule has 0 radical (unpaired) electrons. The molecule has 2 heterocycles. The standard InChI is InChI=1S/C28H36N2O7/c1-19-24(17-30-12-14-35-15-13-30)36-28(37-27(19)21-10-8-20(18-31)9-11-21)22-4-2-5-23(16-22)29-25(32)6-3-7-26(33)34/h2,4-5,8-11,16,19,24,27-28,31H,3,6-7,12-15,17-18H2,1H3,(H,29,32)(H,33,34)/t19-,24+,27+,28+/m0/s1. The molecule has 2 aromatic rings. The highest BCUT2D eigenvalue weighted by atomic mass is 16.7. The Morgan fingerprint density at radius 3 is 2.49 bits per heavy atom. The number of carbonyl (C=O) groups excluding carboxylic acids is 1. The van der Waals surface area contributed by atoms with E-state index in [1.54, 1.807) is 6.07 Å². The van der Waals surface area contributed by atoms with Crippen LogP contribution in [-0.2, 0) is 30.4 Å². The number of aliphatic hydroxyl groups excluding tert-OH is 1. The Hall–Kier alpha value is -2.82. The van der Waals surface area contributed by atoms with Gasteiger partial charge in [0.05, 0.1) is 32.0 Å². The topological polar surface area (TPSA) is 118 Å². The molecule has 3 N–H and O–H groups in total. The van der Waals surface area contributed by atoms with Crippen LogP contribution in [0.25, 0.3) is 0 Å². The van der Waals surface area contributed by atoms with E-state index in [9.17, 15) is 14.7 Å². The Kier molecular flexibility index (Phi) is 9.65. The van der Waals surface area contributed by atoms with E-state index in [1.165, 1.54) is 0 Å². The van der Waals surface area contributed by atoms with Crippen molar-refractivity contribution >= 4 is 17.6 Å². The van der Waals surface area contributed by atoms with Gasteiger partial charge in [-0.05, 0) is 29.7 Å². The van der Waals surface area contributed by atoms with Crippen molar-refractivity contribution in [1.29, 1.82) is 0 Å². The summed E-state index contributed by atoms with van der Waals surface area (Å²) in [6, 6.07) is 15.2. The number of carbonyl (C=O) groups is 2. The van der Waals surface area contributed by atoms with Crippen LogP contribution in [-0.4, -0.2) is 65.9 Å². The lowest BCUT2D eigenvalue weighted by Gasteiger charge is -2.43. The van der Waals surface area contributed by atoms with Crippen molar-refractivity contribution in [3.05, 3.63) is 65.2 Å². The Balaban J connectivity index is 1.51. The molecule has 2 aromatic carbocycles. The second kappa shape index (κ2) is 13.1. The van der Waals surface area contributed by atoms with Gasteiger partial charge in [-0.15, -0.1) is 0 Å². The molecular weight excluding hydrogens is 476 g/mol. The van der Waals surface area contributed by atoms with Gasteiger partial charge in [-0.3, -0.25) is 14.5 Å². The molecule has 9 heteroatoms. The molecule has 0 spiro atoms. The van der Waals surface area contributed by atoms with Crippen molar-refractivity contribution in [1.82, 2.24) is 4.90 Å². The van der Waals surface area contributed by atoms with E-state index in [2.05, 4.69) is 17.1 Å². The summed E-state index contributed by atoms with van der Waals surface area (Å²) in [6.45, 7) is 6.02. The molecule has 2 aliphatic rings. The molecule has 2 aliphatic heterocycles. The molecule has 2 fully saturated rings. The third-order valence-electron chi connectivity index (χ3n) is 6.90. The number of ether oxygens (including phenoxy) is 3. The first kappa shape index (κ1) is 27.2. The van der Waals surface area contributed by atoms with E-state index < -0.39 is 12.3 Å². The summed E-state index contributed by atoms with van der Waals surface area (Å²) in [5.74, 6) is -1.07. The van der Waals surface area contributed by atoms with E-state index >= 15 is 0 Å². The monoisotopic (exact) mass is 512 g/mol. The zero-order valence-corrected chi connectivity index (χ0v) is 21.2. The van der Waals surface area contributed by atoms with Crippen LogP contribution in [0.15, 0.2) is 48.5 Å². The highest BCUT2D eigenvalue weighted by molar-refractivity contribution is 5.90. The highest BCUT2D eigenvalue weighted by Crippen LogP contribution is 2.42. The molecule has 200 valence electrons. The number of carboxylic acid groups (broad SMARTS) is 1. The summed E-state index contributed by atoms with van der Waals surface area (Å²) in [5.41, 5.74) is 3.26. The van der Waals surface area contributed by atoms with Crippen molar-refractivity contribution in [2.75, 3.05) is 38.2 Å². The SMILES string of the molecule is C[C@H]1[C@@H](CN2CCOCC2)O[C@@H](c2cccc(NC(=O)CCCC(=O)O)c2)O[C@H]1c1ccc(CO)cc1. The van der Waals surface area contributed by atoms with Crippen LogP contribution in [0.3, 0.4) is 0 Å². The molecule has 4 rings (SSSR count). The molecule has 0 unspecified atom stereocenters. The molecule has 1 amide bonds. The molecule has 9 nitrogen and oxygen atoms in total. The van der Waals surface area contributed by atoms with Gasteiger partial charge in [0.15, 0.2) is 6.29 Å². The Bertz CT molecular complexity index is 1040. The van der Waals surface area contributed by atoms with E-state index in [4.69, 9.17) is 19.3 Å². The molecule has 0 aromatic heterocycles. The largest absolute Gasteiger partial charge is 0.481 e. The number of aliphatic hydroxyl groups is 1. The van der Waals surface area contributed by atoms with Crippen LogP contribution < -0.4 is 5.32 Å². The minimum absolute atomic E-state index is 0.0123. The fourth-order valence-corrected chi connectivity index (χ4v) is 4.75. The molecule has 0 bridgehead atoms. The molecule has 0 saturated carbocycles. The maximum atomic E-state index is 12.3. The molecule has 37 heavy (non-hydrogen) atoms. The predicted molar refractivity (Wildman–Crippen MR) is 137 cm³/mol. The van der Waals surface area contributed by atoms with Gasteiger partial charge in [0.1, 0.15) is 0 Å².